The van der Waals surface area contributed by atoms with Crippen molar-refractivity contribution in [3.63, 3.8) is 0 Å². The van der Waals surface area contributed by atoms with Gasteiger partial charge >= 0.3 is 0 Å². The first-order valence-corrected chi connectivity index (χ1v) is 6.82. The Morgan fingerprint density at radius 3 is 2.67 bits per heavy atom. The third-order valence-electron chi connectivity index (χ3n) is 2.99. The first kappa shape index (κ1) is 15.2. The second-order valence-electron chi connectivity index (χ2n) is 4.74. The molecular weight excluding hydrogens is 274 g/mol. The number of hydrogen-bond acceptors (Lipinski definition) is 4. The molecular formula is C15H18F2N4. The molecule has 0 fully saturated rings. The molecule has 0 saturated heterocycles. The number of nitrogens with zero attached hydrogens (tertiary/aromatic N) is 3. The maximum absolute atomic E-state index is 13.9. The quantitative estimate of drug-likeness (QED) is 0.887. The molecule has 4 nitrogen and oxygen atoms in total. The van der Waals surface area contributed by atoms with Gasteiger partial charge in [-0.2, -0.15) is 4.98 Å². The largest absolute Gasteiger partial charge is 0.354 e. The lowest BCUT2D eigenvalue weighted by Gasteiger charge is -2.19. The van der Waals surface area contributed by atoms with Crippen molar-refractivity contribution in [1.29, 1.82) is 0 Å². The Balaban J connectivity index is 2.18. The molecule has 0 bridgehead atoms. The first-order valence-electron chi connectivity index (χ1n) is 6.82. The van der Waals surface area contributed by atoms with Crippen LogP contribution in [-0.4, -0.2) is 23.6 Å². The van der Waals surface area contributed by atoms with Gasteiger partial charge in [0, 0.05) is 25.7 Å². The summed E-state index contributed by atoms with van der Waals surface area (Å²) in [6, 6.07) is 6.42. The molecule has 2 aromatic rings. The minimum absolute atomic E-state index is 0.145. The van der Waals surface area contributed by atoms with Crippen molar-refractivity contribution in [2.45, 2.75) is 19.9 Å². The molecule has 0 amide bonds. The standard InChI is InChI=1S/C15H18F2N4/c1-3-8-18-15-19-9-13(17)14(20-15)21(2)10-11-6-4-5-7-12(11)16/h4-7,9H,3,8,10H2,1-2H3,(H,18,19,20). The summed E-state index contributed by atoms with van der Waals surface area (Å²) in [7, 11) is 1.67. The van der Waals surface area contributed by atoms with E-state index in [1.54, 1.807) is 30.1 Å². The summed E-state index contributed by atoms with van der Waals surface area (Å²) in [5, 5.41) is 3.00. The third kappa shape index (κ3) is 3.87. The zero-order valence-electron chi connectivity index (χ0n) is 12.1. The zero-order chi connectivity index (χ0) is 15.2. The molecule has 0 radical (unpaired) electrons. The summed E-state index contributed by atoms with van der Waals surface area (Å²) in [4.78, 5) is 9.59. The summed E-state index contributed by atoms with van der Waals surface area (Å²) in [6.45, 7) is 2.96. The van der Waals surface area contributed by atoms with E-state index in [4.69, 9.17) is 0 Å². The van der Waals surface area contributed by atoms with Crippen LogP contribution in [0.25, 0.3) is 0 Å². The van der Waals surface area contributed by atoms with Gasteiger partial charge in [0.1, 0.15) is 5.82 Å². The van der Waals surface area contributed by atoms with Gasteiger partial charge < -0.3 is 10.2 Å². The van der Waals surface area contributed by atoms with Gasteiger partial charge in [-0.05, 0) is 12.5 Å². The fraction of sp³-hybridized carbons (Fsp3) is 0.333. The molecule has 1 aromatic heterocycles. The average Bonchev–Trinajstić information content (AvgIpc) is 2.48. The lowest BCUT2D eigenvalue weighted by atomic mass is 10.2. The van der Waals surface area contributed by atoms with E-state index in [2.05, 4.69) is 15.3 Å². The monoisotopic (exact) mass is 292 g/mol. The van der Waals surface area contributed by atoms with Crippen LogP contribution in [0.3, 0.4) is 0 Å². The van der Waals surface area contributed by atoms with Crippen LogP contribution in [0, 0.1) is 11.6 Å². The van der Waals surface area contributed by atoms with Crippen molar-refractivity contribution in [3.8, 4) is 0 Å². The van der Waals surface area contributed by atoms with Crippen molar-refractivity contribution >= 4 is 11.8 Å². The fourth-order valence-corrected chi connectivity index (χ4v) is 1.90. The van der Waals surface area contributed by atoms with Crippen LogP contribution < -0.4 is 10.2 Å². The van der Waals surface area contributed by atoms with Crippen molar-refractivity contribution in [2.75, 3.05) is 23.8 Å². The topological polar surface area (TPSA) is 41.1 Å². The van der Waals surface area contributed by atoms with E-state index in [0.29, 0.717) is 18.1 Å². The van der Waals surface area contributed by atoms with Crippen LogP contribution in [0.2, 0.25) is 0 Å². The van der Waals surface area contributed by atoms with Crippen LogP contribution in [0.5, 0.6) is 0 Å². The maximum Gasteiger partial charge on any atom is 0.224 e. The van der Waals surface area contributed by atoms with Crippen LogP contribution in [0.4, 0.5) is 20.5 Å². The molecule has 0 atom stereocenters. The highest BCUT2D eigenvalue weighted by atomic mass is 19.1. The Bertz CT molecular complexity index is 604. The highest BCUT2D eigenvalue weighted by Crippen LogP contribution is 2.19. The van der Waals surface area contributed by atoms with Crippen LogP contribution in [0.15, 0.2) is 30.5 Å². The molecule has 0 unspecified atom stereocenters. The van der Waals surface area contributed by atoms with Gasteiger partial charge in [0.15, 0.2) is 11.6 Å². The molecule has 6 heteroatoms. The molecule has 1 N–H and O–H groups in total. The lowest BCUT2D eigenvalue weighted by Crippen LogP contribution is -2.21. The number of halogens is 2. The summed E-state index contributed by atoms with van der Waals surface area (Å²) in [5.74, 6) is -0.334. The molecule has 1 aromatic carbocycles. The summed E-state index contributed by atoms with van der Waals surface area (Å²) in [5.41, 5.74) is 0.487. The van der Waals surface area contributed by atoms with Gasteiger partial charge in [-0.25, -0.2) is 13.8 Å². The van der Waals surface area contributed by atoms with Crippen molar-refractivity contribution in [3.05, 3.63) is 47.7 Å². The second-order valence-corrected chi connectivity index (χ2v) is 4.74. The normalized spacial score (nSPS) is 10.5. The van der Waals surface area contributed by atoms with Gasteiger partial charge in [-0.3, -0.25) is 0 Å². The highest BCUT2D eigenvalue weighted by molar-refractivity contribution is 5.44. The van der Waals surface area contributed by atoms with Crippen molar-refractivity contribution in [2.24, 2.45) is 0 Å². The molecule has 0 spiro atoms. The van der Waals surface area contributed by atoms with Crippen LogP contribution >= 0.6 is 0 Å². The minimum atomic E-state index is -0.532. The van der Waals surface area contributed by atoms with Crippen LogP contribution in [-0.2, 0) is 6.54 Å². The predicted octanol–water partition coefficient (Wildman–Crippen LogP) is 3.21. The van der Waals surface area contributed by atoms with Gasteiger partial charge in [0.2, 0.25) is 5.95 Å². The van der Waals surface area contributed by atoms with E-state index < -0.39 is 5.82 Å². The van der Waals surface area contributed by atoms with Crippen molar-refractivity contribution in [1.82, 2.24) is 9.97 Å². The van der Waals surface area contributed by atoms with Crippen LogP contribution in [0.1, 0.15) is 18.9 Å². The summed E-state index contributed by atoms with van der Waals surface area (Å²) >= 11 is 0. The number of rotatable bonds is 6. The third-order valence-corrected chi connectivity index (χ3v) is 2.99. The second kappa shape index (κ2) is 6.97. The number of hydrogen-bond donors (Lipinski definition) is 1. The fourth-order valence-electron chi connectivity index (χ4n) is 1.90. The average molecular weight is 292 g/mol. The summed E-state index contributed by atoms with van der Waals surface area (Å²) < 4.78 is 27.5. The molecule has 0 aliphatic rings. The Hall–Kier alpha value is -2.24. The molecule has 0 aliphatic heterocycles. The van der Waals surface area contributed by atoms with Gasteiger partial charge in [0.25, 0.3) is 0 Å². The van der Waals surface area contributed by atoms with Gasteiger partial charge in [-0.1, -0.05) is 25.1 Å². The minimum Gasteiger partial charge on any atom is -0.354 e. The van der Waals surface area contributed by atoms with Gasteiger partial charge in [-0.15, -0.1) is 0 Å². The Morgan fingerprint density at radius 1 is 1.19 bits per heavy atom. The van der Waals surface area contributed by atoms with E-state index >= 15 is 0 Å². The molecule has 1 heterocycles. The van der Waals surface area contributed by atoms with Crippen molar-refractivity contribution < 1.29 is 8.78 Å². The summed E-state index contributed by atoms with van der Waals surface area (Å²) in [6.07, 6.45) is 2.04. The van der Waals surface area contributed by atoms with E-state index in [9.17, 15) is 8.78 Å². The number of nitrogens with one attached hydrogen (secondary N) is 1. The van der Waals surface area contributed by atoms with Gasteiger partial charge in [0.05, 0.1) is 6.20 Å². The Kier molecular flexibility index (Phi) is 5.03. The molecule has 0 saturated carbocycles. The SMILES string of the molecule is CCCNc1ncc(F)c(N(C)Cc2ccccc2F)n1. The first-order chi connectivity index (χ1) is 10.1. The Labute approximate surface area is 122 Å². The lowest BCUT2D eigenvalue weighted by molar-refractivity contribution is 0.594. The molecule has 2 rings (SSSR count). The smallest absolute Gasteiger partial charge is 0.224 e. The number of benzene rings is 1. The molecule has 21 heavy (non-hydrogen) atoms. The Morgan fingerprint density at radius 2 is 1.95 bits per heavy atom. The van der Waals surface area contributed by atoms with E-state index in [1.165, 1.54) is 6.07 Å². The zero-order valence-corrected chi connectivity index (χ0v) is 12.1. The molecule has 0 aliphatic carbocycles. The van der Waals surface area contributed by atoms with E-state index in [-0.39, 0.29) is 18.2 Å². The molecule has 112 valence electrons. The number of aromatic nitrogens is 2. The maximum atomic E-state index is 13.9. The number of anilines is 2. The predicted molar refractivity (Wildman–Crippen MR) is 79.3 cm³/mol. The highest BCUT2D eigenvalue weighted by Gasteiger charge is 2.13. The van der Waals surface area contributed by atoms with E-state index in [0.717, 1.165) is 12.6 Å². The van der Waals surface area contributed by atoms with E-state index in [1.807, 2.05) is 6.92 Å².